The van der Waals surface area contributed by atoms with E-state index in [1.165, 1.54) is 0 Å². The van der Waals surface area contributed by atoms with E-state index in [1.807, 2.05) is 12.1 Å². The Morgan fingerprint density at radius 3 is 2.76 bits per heavy atom. The molecule has 0 fully saturated rings. The summed E-state index contributed by atoms with van der Waals surface area (Å²) in [5.74, 6) is 0.504. The van der Waals surface area contributed by atoms with Crippen molar-refractivity contribution in [2.45, 2.75) is 20.3 Å². The first kappa shape index (κ1) is 12.9. The summed E-state index contributed by atoms with van der Waals surface area (Å²) >= 11 is 8.29. The SMILES string of the molecule is CC(C)Cc1cc(=O)c2c(I)ccc(Cl)c2[nH]1. The van der Waals surface area contributed by atoms with Crippen molar-refractivity contribution in [3.05, 3.63) is 42.7 Å². The van der Waals surface area contributed by atoms with Crippen molar-refractivity contribution >= 4 is 45.1 Å². The third-order valence-corrected chi connectivity index (χ3v) is 3.78. The van der Waals surface area contributed by atoms with Crippen molar-refractivity contribution < 1.29 is 0 Å². The fourth-order valence-corrected chi connectivity index (χ4v) is 2.81. The van der Waals surface area contributed by atoms with Crippen LogP contribution in [0.15, 0.2) is 23.0 Å². The second-order valence-electron chi connectivity index (χ2n) is 4.54. The van der Waals surface area contributed by atoms with E-state index >= 15 is 0 Å². The molecule has 0 saturated carbocycles. The van der Waals surface area contributed by atoms with Crippen LogP contribution in [0.4, 0.5) is 0 Å². The molecule has 1 N–H and O–H groups in total. The van der Waals surface area contributed by atoms with Gasteiger partial charge in [-0.15, -0.1) is 0 Å². The topological polar surface area (TPSA) is 32.9 Å². The fraction of sp³-hybridized carbons (Fsp3) is 0.308. The van der Waals surface area contributed by atoms with E-state index in [2.05, 4.69) is 41.4 Å². The first-order valence-corrected chi connectivity index (χ1v) is 6.94. The lowest BCUT2D eigenvalue weighted by molar-refractivity contribution is 0.636. The van der Waals surface area contributed by atoms with E-state index in [9.17, 15) is 4.79 Å². The molecule has 4 heteroatoms. The third-order valence-electron chi connectivity index (χ3n) is 2.57. The van der Waals surface area contributed by atoms with Crippen LogP contribution in [-0.2, 0) is 6.42 Å². The second-order valence-corrected chi connectivity index (χ2v) is 6.11. The number of benzene rings is 1. The van der Waals surface area contributed by atoms with Crippen molar-refractivity contribution in [3.63, 3.8) is 0 Å². The maximum atomic E-state index is 12.1. The predicted octanol–water partition coefficient (Wildman–Crippen LogP) is 3.98. The van der Waals surface area contributed by atoms with Gasteiger partial charge in [-0.2, -0.15) is 0 Å². The van der Waals surface area contributed by atoms with E-state index in [0.29, 0.717) is 16.3 Å². The molecule has 2 aromatic rings. The first-order valence-electron chi connectivity index (χ1n) is 5.49. The minimum atomic E-state index is 0.0429. The first-order chi connectivity index (χ1) is 7.99. The molecular formula is C13H13ClINO. The Kier molecular flexibility index (Phi) is 3.78. The lowest BCUT2D eigenvalue weighted by Gasteiger charge is -2.08. The Morgan fingerprint density at radius 1 is 1.41 bits per heavy atom. The molecule has 0 amide bonds. The average molecular weight is 362 g/mol. The zero-order valence-corrected chi connectivity index (χ0v) is 12.6. The predicted molar refractivity (Wildman–Crippen MR) is 80.8 cm³/mol. The van der Waals surface area contributed by atoms with Crippen LogP contribution in [0.25, 0.3) is 10.9 Å². The number of rotatable bonds is 2. The molecule has 0 aliphatic heterocycles. The van der Waals surface area contributed by atoms with Gasteiger partial charge in [0.25, 0.3) is 0 Å². The number of fused-ring (bicyclic) bond motifs is 1. The maximum Gasteiger partial charge on any atom is 0.190 e. The number of H-pyrrole nitrogens is 1. The van der Waals surface area contributed by atoms with Gasteiger partial charge in [0.1, 0.15) is 0 Å². The molecular weight excluding hydrogens is 349 g/mol. The quantitative estimate of drug-likeness (QED) is 0.806. The number of hydrogen-bond acceptors (Lipinski definition) is 1. The molecule has 0 aliphatic carbocycles. The van der Waals surface area contributed by atoms with Gasteiger partial charge in [0.05, 0.1) is 15.9 Å². The van der Waals surface area contributed by atoms with Gasteiger partial charge in [0, 0.05) is 15.3 Å². The van der Waals surface area contributed by atoms with Gasteiger partial charge in [0.2, 0.25) is 0 Å². The van der Waals surface area contributed by atoms with Gasteiger partial charge in [-0.1, -0.05) is 25.4 Å². The van der Waals surface area contributed by atoms with E-state index in [4.69, 9.17) is 11.6 Å². The highest BCUT2D eigenvalue weighted by molar-refractivity contribution is 14.1. The summed E-state index contributed by atoms with van der Waals surface area (Å²) in [7, 11) is 0. The van der Waals surface area contributed by atoms with E-state index in [1.54, 1.807) is 6.07 Å². The van der Waals surface area contributed by atoms with Crippen LogP contribution >= 0.6 is 34.2 Å². The molecule has 1 aromatic carbocycles. The van der Waals surface area contributed by atoms with Crippen LogP contribution in [0, 0.1) is 9.49 Å². The summed E-state index contributed by atoms with van der Waals surface area (Å²) in [6, 6.07) is 5.37. The summed E-state index contributed by atoms with van der Waals surface area (Å²) in [5.41, 5.74) is 1.74. The Hall–Kier alpha value is -0.550. The largest absolute Gasteiger partial charge is 0.357 e. The van der Waals surface area contributed by atoms with Gasteiger partial charge in [-0.3, -0.25) is 4.79 Å². The summed E-state index contributed by atoms with van der Waals surface area (Å²) in [6.45, 7) is 4.25. The molecule has 2 rings (SSSR count). The monoisotopic (exact) mass is 361 g/mol. The van der Waals surface area contributed by atoms with Crippen molar-refractivity contribution in [1.29, 1.82) is 0 Å². The standard InChI is InChI=1S/C13H13ClINO/c1-7(2)5-8-6-11(17)12-10(15)4-3-9(14)13(12)16-8/h3-4,6-7H,5H2,1-2H3,(H,16,17). The normalized spacial score (nSPS) is 11.4. The fourth-order valence-electron chi connectivity index (χ4n) is 1.89. The Balaban J connectivity index is 2.73. The number of hydrogen-bond donors (Lipinski definition) is 1. The van der Waals surface area contributed by atoms with Crippen LogP contribution in [-0.4, -0.2) is 4.98 Å². The lowest BCUT2D eigenvalue weighted by atomic mass is 10.1. The number of nitrogens with one attached hydrogen (secondary N) is 1. The van der Waals surface area contributed by atoms with Gasteiger partial charge in [-0.05, 0) is 47.1 Å². The zero-order chi connectivity index (χ0) is 12.6. The number of aromatic nitrogens is 1. The van der Waals surface area contributed by atoms with Crippen LogP contribution in [0.3, 0.4) is 0 Å². The van der Waals surface area contributed by atoms with Gasteiger partial charge < -0.3 is 4.98 Å². The average Bonchev–Trinajstić information content (AvgIpc) is 2.22. The summed E-state index contributed by atoms with van der Waals surface area (Å²) in [6.07, 6.45) is 0.854. The van der Waals surface area contributed by atoms with Crippen LogP contribution < -0.4 is 5.43 Å². The van der Waals surface area contributed by atoms with Gasteiger partial charge in [-0.25, -0.2) is 0 Å². The minimum Gasteiger partial charge on any atom is -0.357 e. The summed E-state index contributed by atoms with van der Waals surface area (Å²) in [5, 5.41) is 1.29. The molecule has 0 spiro atoms. The number of aromatic amines is 1. The maximum absolute atomic E-state index is 12.1. The van der Waals surface area contributed by atoms with Crippen LogP contribution in [0.1, 0.15) is 19.5 Å². The van der Waals surface area contributed by atoms with Crippen LogP contribution in [0.2, 0.25) is 5.02 Å². The van der Waals surface area contributed by atoms with Gasteiger partial charge >= 0.3 is 0 Å². The number of halogens is 2. The lowest BCUT2D eigenvalue weighted by Crippen LogP contribution is -2.08. The summed E-state index contributed by atoms with van der Waals surface area (Å²) < 4.78 is 0.930. The van der Waals surface area contributed by atoms with Gasteiger partial charge in [0.15, 0.2) is 5.43 Å². The second kappa shape index (κ2) is 4.98. The summed E-state index contributed by atoms with van der Waals surface area (Å²) in [4.78, 5) is 15.3. The Morgan fingerprint density at radius 2 is 2.12 bits per heavy atom. The Bertz CT molecular complexity index is 619. The molecule has 0 unspecified atom stereocenters. The van der Waals surface area contributed by atoms with Crippen molar-refractivity contribution in [1.82, 2.24) is 4.98 Å². The molecule has 1 aromatic heterocycles. The van der Waals surface area contributed by atoms with Crippen molar-refractivity contribution in [3.8, 4) is 0 Å². The molecule has 0 atom stereocenters. The molecule has 0 saturated heterocycles. The molecule has 2 nitrogen and oxygen atoms in total. The molecule has 0 bridgehead atoms. The third kappa shape index (κ3) is 2.65. The highest BCUT2D eigenvalue weighted by Gasteiger charge is 2.09. The number of pyridine rings is 1. The van der Waals surface area contributed by atoms with Crippen LogP contribution in [0.5, 0.6) is 0 Å². The van der Waals surface area contributed by atoms with E-state index in [-0.39, 0.29) is 5.43 Å². The van der Waals surface area contributed by atoms with E-state index < -0.39 is 0 Å². The van der Waals surface area contributed by atoms with Crippen molar-refractivity contribution in [2.24, 2.45) is 5.92 Å². The molecule has 0 radical (unpaired) electrons. The highest BCUT2D eigenvalue weighted by atomic mass is 127. The van der Waals surface area contributed by atoms with E-state index in [0.717, 1.165) is 21.2 Å². The van der Waals surface area contributed by atoms with Crippen molar-refractivity contribution in [2.75, 3.05) is 0 Å². The zero-order valence-electron chi connectivity index (χ0n) is 9.68. The Labute approximate surface area is 119 Å². The molecule has 0 aliphatic rings. The smallest absolute Gasteiger partial charge is 0.190 e. The minimum absolute atomic E-state index is 0.0429. The highest BCUT2D eigenvalue weighted by Crippen LogP contribution is 2.24. The molecule has 1 heterocycles. The molecule has 17 heavy (non-hydrogen) atoms. The molecule has 90 valence electrons.